The maximum Gasteiger partial charge on any atom is 0.262 e. The molecular weight excluding hydrogens is 360 g/mol. The van der Waals surface area contributed by atoms with Crippen LogP contribution < -0.4 is 10.1 Å². The van der Waals surface area contributed by atoms with E-state index in [2.05, 4.69) is 5.32 Å². The average molecular weight is 377 g/mol. The van der Waals surface area contributed by atoms with Gasteiger partial charge in [-0.05, 0) is 35.2 Å². The van der Waals surface area contributed by atoms with Crippen molar-refractivity contribution in [3.05, 3.63) is 82.9 Å². The summed E-state index contributed by atoms with van der Waals surface area (Å²) in [4.78, 5) is 12.2. The molecule has 0 aliphatic rings. The Kier molecular flexibility index (Phi) is 6.09. The van der Waals surface area contributed by atoms with Crippen LogP contribution in [0.3, 0.4) is 0 Å². The maximum atomic E-state index is 12.2. The number of halogens is 1. The van der Waals surface area contributed by atoms with Gasteiger partial charge >= 0.3 is 0 Å². The molecule has 0 unspecified atom stereocenters. The van der Waals surface area contributed by atoms with Gasteiger partial charge in [0.05, 0.1) is 6.54 Å². The van der Waals surface area contributed by atoms with Crippen molar-refractivity contribution < 1.29 is 9.53 Å². The van der Waals surface area contributed by atoms with E-state index in [1.165, 1.54) is 6.08 Å². The van der Waals surface area contributed by atoms with Crippen molar-refractivity contribution >= 4 is 34.4 Å². The summed E-state index contributed by atoms with van der Waals surface area (Å²) in [5.41, 5.74) is 0.764. The highest BCUT2D eigenvalue weighted by Gasteiger charge is 2.09. The van der Waals surface area contributed by atoms with E-state index in [0.29, 0.717) is 18.2 Å². The molecule has 0 bridgehead atoms. The van der Waals surface area contributed by atoms with Crippen LogP contribution in [0.15, 0.2) is 72.3 Å². The molecule has 3 aromatic carbocycles. The molecule has 134 valence electrons. The number of nitriles is 1. The van der Waals surface area contributed by atoms with Gasteiger partial charge in [0.2, 0.25) is 0 Å². The lowest BCUT2D eigenvalue weighted by molar-refractivity contribution is -0.117. The maximum absolute atomic E-state index is 12.2. The number of fused-ring (bicyclic) bond motifs is 1. The van der Waals surface area contributed by atoms with Crippen molar-refractivity contribution in [3.8, 4) is 11.8 Å². The summed E-state index contributed by atoms with van der Waals surface area (Å²) in [7, 11) is 0. The van der Waals surface area contributed by atoms with Gasteiger partial charge in [0, 0.05) is 10.4 Å². The molecular formula is C22H17ClN2O2. The second kappa shape index (κ2) is 8.88. The van der Waals surface area contributed by atoms with E-state index in [-0.39, 0.29) is 5.57 Å². The molecule has 0 heterocycles. The van der Waals surface area contributed by atoms with Gasteiger partial charge in [0.1, 0.15) is 24.0 Å². The Hall–Kier alpha value is -3.29. The molecule has 0 fully saturated rings. The number of amides is 1. The standard InChI is InChI=1S/C22H17ClN2O2/c23-19-10-8-16(9-11-19)14-18(15-24)22(26)25-12-13-27-21-7-3-5-17-4-1-2-6-20(17)21/h1-11,14H,12-13H2,(H,25,26)/b18-14+. The highest BCUT2D eigenvalue weighted by molar-refractivity contribution is 6.30. The van der Waals surface area contributed by atoms with E-state index in [1.807, 2.05) is 48.5 Å². The Labute approximate surface area is 162 Å². The zero-order valence-electron chi connectivity index (χ0n) is 14.5. The fraction of sp³-hybridized carbons (Fsp3) is 0.0909. The number of carbonyl (C=O) groups is 1. The zero-order chi connectivity index (χ0) is 19.1. The van der Waals surface area contributed by atoms with Crippen molar-refractivity contribution in [3.63, 3.8) is 0 Å². The molecule has 27 heavy (non-hydrogen) atoms. The highest BCUT2D eigenvalue weighted by Crippen LogP contribution is 2.24. The minimum absolute atomic E-state index is 0.0301. The molecule has 3 rings (SSSR count). The number of hydrogen-bond acceptors (Lipinski definition) is 3. The van der Waals surface area contributed by atoms with Crippen LogP contribution in [-0.4, -0.2) is 19.1 Å². The Bertz CT molecular complexity index is 1020. The smallest absolute Gasteiger partial charge is 0.262 e. The van der Waals surface area contributed by atoms with Gasteiger partial charge in [-0.2, -0.15) is 5.26 Å². The van der Waals surface area contributed by atoms with Crippen LogP contribution in [0.25, 0.3) is 16.8 Å². The summed E-state index contributed by atoms with van der Waals surface area (Å²) in [6.07, 6.45) is 1.53. The topological polar surface area (TPSA) is 62.1 Å². The average Bonchev–Trinajstić information content (AvgIpc) is 2.70. The number of benzene rings is 3. The number of carbonyl (C=O) groups excluding carboxylic acids is 1. The predicted molar refractivity (Wildman–Crippen MR) is 107 cm³/mol. The molecule has 1 N–H and O–H groups in total. The van der Waals surface area contributed by atoms with Crippen LogP contribution in [0, 0.1) is 11.3 Å². The number of hydrogen-bond donors (Lipinski definition) is 1. The number of nitrogens with zero attached hydrogens (tertiary/aromatic N) is 1. The second-order valence-electron chi connectivity index (χ2n) is 5.80. The summed E-state index contributed by atoms with van der Waals surface area (Å²) in [6, 6.07) is 22.6. The van der Waals surface area contributed by atoms with E-state index in [4.69, 9.17) is 16.3 Å². The van der Waals surface area contributed by atoms with Crippen molar-refractivity contribution in [1.82, 2.24) is 5.32 Å². The Morgan fingerprint density at radius 3 is 2.59 bits per heavy atom. The summed E-state index contributed by atoms with van der Waals surface area (Å²) in [5, 5.41) is 14.6. The van der Waals surface area contributed by atoms with Gasteiger partial charge in [-0.25, -0.2) is 0 Å². The van der Waals surface area contributed by atoms with Crippen LogP contribution in [0.5, 0.6) is 5.75 Å². The largest absolute Gasteiger partial charge is 0.491 e. The quantitative estimate of drug-likeness (QED) is 0.388. The zero-order valence-corrected chi connectivity index (χ0v) is 15.2. The SMILES string of the molecule is N#C/C(=C\c1ccc(Cl)cc1)C(=O)NCCOc1cccc2ccccc12. The summed E-state index contributed by atoms with van der Waals surface area (Å²) in [5.74, 6) is 0.327. The monoisotopic (exact) mass is 376 g/mol. The lowest BCUT2D eigenvalue weighted by Crippen LogP contribution is -2.29. The molecule has 3 aromatic rings. The summed E-state index contributed by atoms with van der Waals surface area (Å²) < 4.78 is 5.78. The van der Waals surface area contributed by atoms with Crippen molar-refractivity contribution in [2.75, 3.05) is 13.2 Å². The number of ether oxygens (including phenoxy) is 1. The van der Waals surface area contributed by atoms with Crippen LogP contribution in [0.1, 0.15) is 5.56 Å². The third-order valence-corrected chi connectivity index (χ3v) is 4.19. The minimum Gasteiger partial charge on any atom is -0.491 e. The lowest BCUT2D eigenvalue weighted by Gasteiger charge is -2.10. The summed E-state index contributed by atoms with van der Waals surface area (Å²) >= 11 is 5.84. The summed E-state index contributed by atoms with van der Waals surface area (Å²) in [6.45, 7) is 0.598. The van der Waals surface area contributed by atoms with Gasteiger partial charge in [0.15, 0.2) is 0 Å². The van der Waals surface area contributed by atoms with E-state index in [0.717, 1.165) is 22.1 Å². The molecule has 0 aromatic heterocycles. The molecule has 0 aliphatic carbocycles. The van der Waals surface area contributed by atoms with Gasteiger partial charge in [-0.15, -0.1) is 0 Å². The predicted octanol–water partition coefficient (Wildman–Crippen LogP) is 4.60. The molecule has 4 nitrogen and oxygen atoms in total. The van der Waals surface area contributed by atoms with Crippen LogP contribution in [-0.2, 0) is 4.79 Å². The first-order chi connectivity index (χ1) is 13.2. The molecule has 0 saturated heterocycles. The third kappa shape index (κ3) is 4.87. The third-order valence-electron chi connectivity index (χ3n) is 3.94. The van der Waals surface area contributed by atoms with Crippen molar-refractivity contribution in [2.45, 2.75) is 0 Å². The molecule has 0 radical (unpaired) electrons. The first-order valence-electron chi connectivity index (χ1n) is 8.43. The molecule has 0 spiro atoms. The lowest BCUT2D eigenvalue weighted by atomic mass is 10.1. The van der Waals surface area contributed by atoms with Crippen molar-refractivity contribution in [1.29, 1.82) is 5.26 Å². The van der Waals surface area contributed by atoms with Crippen LogP contribution in [0.2, 0.25) is 5.02 Å². The van der Waals surface area contributed by atoms with Gasteiger partial charge in [-0.3, -0.25) is 4.79 Å². The van der Waals surface area contributed by atoms with Crippen molar-refractivity contribution in [2.24, 2.45) is 0 Å². The molecule has 0 aliphatic heterocycles. The fourth-order valence-electron chi connectivity index (χ4n) is 2.62. The molecule has 5 heteroatoms. The fourth-order valence-corrected chi connectivity index (χ4v) is 2.74. The Balaban J connectivity index is 1.57. The Morgan fingerprint density at radius 2 is 1.81 bits per heavy atom. The van der Waals surface area contributed by atoms with Gasteiger partial charge < -0.3 is 10.1 Å². The van der Waals surface area contributed by atoms with Gasteiger partial charge in [-0.1, -0.05) is 60.1 Å². The van der Waals surface area contributed by atoms with E-state index in [9.17, 15) is 10.1 Å². The van der Waals surface area contributed by atoms with Crippen LogP contribution in [0.4, 0.5) is 0 Å². The number of nitrogens with one attached hydrogen (secondary N) is 1. The second-order valence-corrected chi connectivity index (χ2v) is 6.24. The molecule has 0 saturated carbocycles. The Morgan fingerprint density at radius 1 is 1.07 bits per heavy atom. The normalized spacial score (nSPS) is 11.0. The first kappa shape index (κ1) is 18.5. The molecule has 1 amide bonds. The van der Waals surface area contributed by atoms with E-state index in [1.54, 1.807) is 24.3 Å². The number of rotatable bonds is 6. The first-order valence-corrected chi connectivity index (χ1v) is 8.81. The van der Waals surface area contributed by atoms with E-state index >= 15 is 0 Å². The minimum atomic E-state index is -0.436. The highest BCUT2D eigenvalue weighted by atomic mass is 35.5. The van der Waals surface area contributed by atoms with Gasteiger partial charge in [0.25, 0.3) is 5.91 Å². The molecule has 0 atom stereocenters. The van der Waals surface area contributed by atoms with Crippen LogP contribution >= 0.6 is 11.6 Å². The van der Waals surface area contributed by atoms with E-state index < -0.39 is 5.91 Å².